The summed E-state index contributed by atoms with van der Waals surface area (Å²) in [7, 11) is 0. The van der Waals surface area contributed by atoms with Gasteiger partial charge in [-0.25, -0.2) is 0 Å². The van der Waals surface area contributed by atoms with Crippen molar-refractivity contribution in [1.82, 2.24) is 9.97 Å². The SMILES string of the molecule is Cc1cc(C)c2cccc([Se])c2n1.Cc1cc(C)c2cccc([Se])c2n1.[Hg]. The van der Waals surface area contributed by atoms with Crippen LogP contribution in [0.15, 0.2) is 48.5 Å². The maximum atomic E-state index is 4.50. The molecule has 0 atom stereocenters. The van der Waals surface area contributed by atoms with Crippen molar-refractivity contribution in [1.29, 1.82) is 0 Å². The van der Waals surface area contributed by atoms with Gasteiger partial charge in [0, 0.05) is 27.7 Å². The molecule has 0 amide bonds. The second-order valence-electron chi connectivity index (χ2n) is 6.47. The number of hydrogen-bond donors (Lipinski definition) is 0. The second-order valence-corrected chi connectivity index (χ2v) is 8.31. The van der Waals surface area contributed by atoms with Crippen LogP contribution < -0.4 is 8.92 Å². The van der Waals surface area contributed by atoms with Crippen LogP contribution in [0.4, 0.5) is 0 Å². The third kappa shape index (κ3) is 5.19. The number of aromatic nitrogens is 2. The van der Waals surface area contributed by atoms with Gasteiger partial charge in [0.05, 0.1) is 0 Å². The molecule has 0 bridgehead atoms. The van der Waals surface area contributed by atoms with E-state index in [-0.39, 0.29) is 27.7 Å². The van der Waals surface area contributed by atoms with Crippen LogP contribution in [-0.2, 0) is 27.7 Å². The standard InChI is InChI=1S/2C11H10NSe.Hg/c2*1-7-6-8(2)12-11-9(7)4-3-5-10(11)13;/h2*3-6H,1-2H3;. The van der Waals surface area contributed by atoms with Gasteiger partial charge in [0.25, 0.3) is 0 Å². The summed E-state index contributed by atoms with van der Waals surface area (Å²) in [6, 6.07) is 16.7. The molecule has 0 saturated heterocycles. The van der Waals surface area contributed by atoms with Crippen LogP contribution in [0, 0.1) is 27.7 Å². The van der Waals surface area contributed by atoms with Crippen LogP contribution in [0.3, 0.4) is 0 Å². The molecular weight excluding hydrogens is 651 g/mol. The normalized spacial score (nSPS) is 10.2. The summed E-state index contributed by atoms with van der Waals surface area (Å²) < 4.78 is 2.26. The molecule has 0 aliphatic rings. The zero-order valence-corrected chi connectivity index (χ0v) is 25.0. The minimum absolute atomic E-state index is 0. The molecular formula is C22H20HgN2Se2. The summed E-state index contributed by atoms with van der Waals surface area (Å²) in [4.78, 5) is 9.01. The Hall–Kier alpha value is -0.766. The van der Waals surface area contributed by atoms with Gasteiger partial charge in [0.15, 0.2) is 0 Å². The molecule has 4 rings (SSSR count). The van der Waals surface area contributed by atoms with Crippen LogP contribution in [0.25, 0.3) is 21.8 Å². The third-order valence-electron chi connectivity index (χ3n) is 4.27. The predicted molar refractivity (Wildman–Crippen MR) is 113 cm³/mol. The number of aryl methyl sites for hydroxylation is 4. The average molecular weight is 671 g/mol. The predicted octanol–water partition coefficient (Wildman–Crippen LogP) is 3.29. The van der Waals surface area contributed by atoms with E-state index in [1.807, 2.05) is 26.0 Å². The number of para-hydroxylation sites is 2. The molecule has 0 N–H and O–H groups in total. The molecule has 2 aromatic carbocycles. The van der Waals surface area contributed by atoms with Gasteiger partial charge in [-0.15, -0.1) is 0 Å². The van der Waals surface area contributed by atoms with Crippen LogP contribution in [0.2, 0.25) is 0 Å². The van der Waals surface area contributed by atoms with E-state index in [9.17, 15) is 0 Å². The fourth-order valence-corrected chi connectivity index (χ4v) is 4.09. The Balaban J connectivity index is 0.000000187. The van der Waals surface area contributed by atoms with E-state index in [0.717, 1.165) is 31.3 Å². The molecule has 2 nitrogen and oxygen atoms in total. The van der Waals surface area contributed by atoms with E-state index in [1.54, 1.807) is 0 Å². The van der Waals surface area contributed by atoms with Gasteiger partial charge in [-0.05, 0) is 0 Å². The molecule has 2 heterocycles. The average Bonchev–Trinajstić information content (AvgIpc) is 2.57. The van der Waals surface area contributed by atoms with Crippen molar-refractivity contribution in [2.45, 2.75) is 27.7 Å². The maximum Gasteiger partial charge on any atom is 0 e. The van der Waals surface area contributed by atoms with Crippen molar-refractivity contribution in [3.8, 4) is 0 Å². The Bertz CT molecular complexity index is 1020. The quantitative estimate of drug-likeness (QED) is 0.269. The van der Waals surface area contributed by atoms with Crippen LogP contribution in [0.1, 0.15) is 22.5 Å². The van der Waals surface area contributed by atoms with Gasteiger partial charge in [0.2, 0.25) is 0 Å². The van der Waals surface area contributed by atoms with E-state index >= 15 is 0 Å². The third-order valence-corrected chi connectivity index (χ3v) is 5.66. The molecule has 0 fully saturated rings. The topological polar surface area (TPSA) is 25.8 Å². The van der Waals surface area contributed by atoms with E-state index < -0.39 is 0 Å². The Labute approximate surface area is 197 Å². The van der Waals surface area contributed by atoms with Gasteiger partial charge < -0.3 is 0 Å². The molecule has 132 valence electrons. The number of hydrogen-bond acceptors (Lipinski definition) is 2. The van der Waals surface area contributed by atoms with E-state index in [1.165, 1.54) is 21.9 Å². The fraction of sp³-hybridized carbons (Fsp3) is 0.182. The first-order chi connectivity index (χ1) is 12.4. The molecule has 5 heteroatoms. The van der Waals surface area contributed by atoms with Crippen LogP contribution >= 0.6 is 0 Å². The Morgan fingerprint density at radius 3 is 1.37 bits per heavy atom. The van der Waals surface area contributed by atoms with E-state index in [0.29, 0.717) is 0 Å². The summed E-state index contributed by atoms with van der Waals surface area (Å²) in [5.41, 5.74) is 6.90. The van der Waals surface area contributed by atoms with Gasteiger partial charge >= 0.3 is 171 Å². The molecule has 27 heavy (non-hydrogen) atoms. The number of fused-ring (bicyclic) bond motifs is 2. The van der Waals surface area contributed by atoms with Gasteiger partial charge in [-0.1, -0.05) is 0 Å². The fourth-order valence-electron chi connectivity index (χ4n) is 3.11. The summed E-state index contributed by atoms with van der Waals surface area (Å²) in [6.45, 7) is 8.30. The first kappa shape index (κ1) is 22.5. The van der Waals surface area contributed by atoms with Crippen molar-refractivity contribution in [2.75, 3.05) is 0 Å². The first-order valence-electron chi connectivity index (χ1n) is 8.45. The van der Waals surface area contributed by atoms with E-state index in [4.69, 9.17) is 0 Å². The van der Waals surface area contributed by atoms with E-state index in [2.05, 4.69) is 92.2 Å². The molecule has 0 unspecified atom stereocenters. The number of nitrogens with zero attached hydrogens (tertiary/aromatic N) is 2. The smallest absolute Gasteiger partial charge is 0 e. The van der Waals surface area contributed by atoms with Gasteiger partial charge in [-0.2, -0.15) is 0 Å². The van der Waals surface area contributed by atoms with Crippen molar-refractivity contribution in [3.05, 3.63) is 71.0 Å². The summed E-state index contributed by atoms with van der Waals surface area (Å²) in [6.07, 6.45) is 0. The zero-order chi connectivity index (χ0) is 18.8. The molecule has 0 aliphatic carbocycles. The number of rotatable bonds is 0. The molecule has 2 aromatic heterocycles. The minimum Gasteiger partial charge on any atom is 0 e. The van der Waals surface area contributed by atoms with Gasteiger partial charge in [-0.3, -0.25) is 0 Å². The Morgan fingerprint density at radius 2 is 1.00 bits per heavy atom. The minimum atomic E-state index is 0. The van der Waals surface area contributed by atoms with Crippen molar-refractivity contribution in [2.24, 2.45) is 0 Å². The number of benzene rings is 2. The zero-order valence-electron chi connectivity index (χ0n) is 16.0. The van der Waals surface area contributed by atoms with Gasteiger partial charge in [0.1, 0.15) is 0 Å². The molecule has 0 spiro atoms. The monoisotopic (exact) mass is 674 g/mol. The summed E-state index contributed by atoms with van der Waals surface area (Å²) >= 11 is 6.07. The largest absolute Gasteiger partial charge is 0 e. The van der Waals surface area contributed by atoms with Crippen molar-refractivity contribution < 1.29 is 27.7 Å². The van der Waals surface area contributed by atoms with Crippen molar-refractivity contribution in [3.63, 3.8) is 0 Å². The number of pyridine rings is 2. The molecule has 2 radical (unpaired) electrons. The Morgan fingerprint density at radius 1 is 0.630 bits per heavy atom. The van der Waals surface area contributed by atoms with Crippen LogP contribution in [-0.4, -0.2) is 42.0 Å². The molecule has 0 aliphatic heterocycles. The van der Waals surface area contributed by atoms with Crippen LogP contribution in [0.5, 0.6) is 0 Å². The second kappa shape index (κ2) is 9.63. The maximum absolute atomic E-state index is 4.50. The summed E-state index contributed by atoms with van der Waals surface area (Å²) in [5.74, 6) is 0. The summed E-state index contributed by atoms with van der Waals surface area (Å²) in [5, 5.41) is 2.48. The van der Waals surface area contributed by atoms with Crippen molar-refractivity contribution >= 4 is 62.8 Å². The molecule has 0 saturated carbocycles. The molecule has 4 aromatic rings. The first-order valence-corrected chi connectivity index (χ1v) is 10.2. The Kier molecular flexibility index (Phi) is 8.03.